The maximum atomic E-state index is 11.2. The number of hydrogen-bond donors (Lipinski definition) is 0. The van der Waals surface area contributed by atoms with Gasteiger partial charge in [0.1, 0.15) is 6.29 Å². The molecule has 0 spiro atoms. The molecule has 1 aliphatic carbocycles. The number of unbranched alkanes of at least 4 members (excludes halogenated alkanes) is 5. The largest absolute Gasteiger partial charge is 0.303 e. The summed E-state index contributed by atoms with van der Waals surface area (Å²) in [5.41, 5.74) is 0.0863. The summed E-state index contributed by atoms with van der Waals surface area (Å²) in [6, 6.07) is 0. The van der Waals surface area contributed by atoms with Gasteiger partial charge in [-0.25, -0.2) is 0 Å². The molecule has 0 aromatic carbocycles. The molecule has 0 saturated heterocycles. The van der Waals surface area contributed by atoms with Crippen molar-refractivity contribution in [3.05, 3.63) is 0 Å². The minimum Gasteiger partial charge on any atom is -0.303 e. The first-order valence-electron chi connectivity index (χ1n) is 7.29. The number of hydrogen-bond acceptors (Lipinski definition) is 1. The van der Waals surface area contributed by atoms with E-state index in [-0.39, 0.29) is 5.41 Å². The van der Waals surface area contributed by atoms with Gasteiger partial charge in [0.2, 0.25) is 0 Å². The second-order valence-corrected chi connectivity index (χ2v) is 5.56. The third-order valence-electron chi connectivity index (χ3n) is 4.13. The van der Waals surface area contributed by atoms with E-state index in [0.29, 0.717) is 0 Å². The van der Waals surface area contributed by atoms with Crippen LogP contribution in [0.3, 0.4) is 0 Å². The Labute approximate surface area is 101 Å². The molecule has 0 atom stereocenters. The first-order chi connectivity index (χ1) is 7.83. The average Bonchev–Trinajstić information content (AvgIpc) is 2.35. The molecular formula is C15H28O. The SMILES string of the molecule is CCCCCCCCC1(C=O)CCCCC1. The maximum absolute atomic E-state index is 11.2. The van der Waals surface area contributed by atoms with Gasteiger partial charge < -0.3 is 4.79 Å². The van der Waals surface area contributed by atoms with Crippen LogP contribution in [-0.4, -0.2) is 6.29 Å². The lowest BCUT2D eigenvalue weighted by Crippen LogP contribution is -2.25. The zero-order chi connectivity index (χ0) is 11.7. The molecular weight excluding hydrogens is 196 g/mol. The fourth-order valence-electron chi connectivity index (χ4n) is 2.94. The van der Waals surface area contributed by atoms with Crippen molar-refractivity contribution < 1.29 is 4.79 Å². The Bertz CT molecular complexity index is 180. The Morgan fingerprint density at radius 1 is 0.938 bits per heavy atom. The van der Waals surface area contributed by atoms with Crippen molar-refractivity contribution in [2.45, 2.75) is 84.0 Å². The van der Waals surface area contributed by atoms with Gasteiger partial charge in [-0.2, -0.15) is 0 Å². The highest BCUT2D eigenvalue weighted by Crippen LogP contribution is 2.38. The summed E-state index contributed by atoms with van der Waals surface area (Å²) in [6.45, 7) is 2.25. The van der Waals surface area contributed by atoms with Crippen LogP contribution in [0.1, 0.15) is 84.0 Å². The minimum atomic E-state index is 0.0863. The van der Waals surface area contributed by atoms with E-state index in [1.807, 2.05) is 0 Å². The van der Waals surface area contributed by atoms with Crippen LogP contribution in [0, 0.1) is 5.41 Å². The first-order valence-corrected chi connectivity index (χ1v) is 7.29. The van der Waals surface area contributed by atoms with Gasteiger partial charge in [0.15, 0.2) is 0 Å². The van der Waals surface area contributed by atoms with Crippen molar-refractivity contribution in [3.8, 4) is 0 Å². The molecule has 94 valence electrons. The fraction of sp³-hybridized carbons (Fsp3) is 0.933. The van der Waals surface area contributed by atoms with Gasteiger partial charge in [-0.1, -0.05) is 64.7 Å². The van der Waals surface area contributed by atoms with E-state index < -0.39 is 0 Å². The molecule has 0 radical (unpaired) electrons. The van der Waals surface area contributed by atoms with Crippen molar-refractivity contribution >= 4 is 6.29 Å². The molecule has 1 fully saturated rings. The maximum Gasteiger partial charge on any atom is 0.126 e. The van der Waals surface area contributed by atoms with Gasteiger partial charge in [-0.3, -0.25) is 0 Å². The fourth-order valence-corrected chi connectivity index (χ4v) is 2.94. The zero-order valence-electron chi connectivity index (χ0n) is 11.0. The summed E-state index contributed by atoms with van der Waals surface area (Å²) in [4.78, 5) is 11.2. The van der Waals surface area contributed by atoms with E-state index in [1.54, 1.807) is 0 Å². The molecule has 1 saturated carbocycles. The van der Waals surface area contributed by atoms with Gasteiger partial charge in [-0.15, -0.1) is 0 Å². The van der Waals surface area contributed by atoms with Crippen molar-refractivity contribution in [2.24, 2.45) is 5.41 Å². The van der Waals surface area contributed by atoms with Crippen molar-refractivity contribution in [1.29, 1.82) is 0 Å². The van der Waals surface area contributed by atoms with Crippen molar-refractivity contribution in [3.63, 3.8) is 0 Å². The highest BCUT2D eigenvalue weighted by atomic mass is 16.1. The monoisotopic (exact) mass is 224 g/mol. The van der Waals surface area contributed by atoms with Gasteiger partial charge in [0, 0.05) is 5.41 Å². The van der Waals surface area contributed by atoms with E-state index in [0.717, 1.165) is 19.3 Å². The molecule has 0 unspecified atom stereocenters. The topological polar surface area (TPSA) is 17.1 Å². The van der Waals surface area contributed by atoms with E-state index in [2.05, 4.69) is 6.92 Å². The molecule has 0 amide bonds. The van der Waals surface area contributed by atoms with Gasteiger partial charge in [0.05, 0.1) is 0 Å². The van der Waals surface area contributed by atoms with Crippen LogP contribution in [0.5, 0.6) is 0 Å². The smallest absolute Gasteiger partial charge is 0.126 e. The van der Waals surface area contributed by atoms with Crippen LogP contribution < -0.4 is 0 Å². The second-order valence-electron chi connectivity index (χ2n) is 5.56. The van der Waals surface area contributed by atoms with Gasteiger partial charge in [-0.05, 0) is 19.3 Å². The lowest BCUT2D eigenvalue weighted by molar-refractivity contribution is -0.118. The van der Waals surface area contributed by atoms with Crippen LogP contribution in [-0.2, 0) is 4.79 Å². The quantitative estimate of drug-likeness (QED) is 0.424. The molecule has 0 aliphatic heterocycles. The Kier molecular flexibility index (Phi) is 6.75. The summed E-state index contributed by atoms with van der Waals surface area (Å²) in [5.74, 6) is 0. The van der Waals surface area contributed by atoms with Gasteiger partial charge >= 0.3 is 0 Å². The molecule has 0 aromatic rings. The third kappa shape index (κ3) is 4.67. The predicted octanol–water partition coefficient (Wildman–Crippen LogP) is 4.89. The molecule has 0 heterocycles. The first kappa shape index (κ1) is 13.7. The number of carbonyl (C=O) groups is 1. The molecule has 1 aliphatic rings. The summed E-state index contributed by atoms with van der Waals surface area (Å²) < 4.78 is 0. The Morgan fingerprint density at radius 3 is 2.19 bits per heavy atom. The van der Waals surface area contributed by atoms with E-state index in [9.17, 15) is 4.79 Å². The minimum absolute atomic E-state index is 0.0863. The number of rotatable bonds is 8. The van der Waals surface area contributed by atoms with Gasteiger partial charge in [0.25, 0.3) is 0 Å². The molecule has 1 nitrogen and oxygen atoms in total. The van der Waals surface area contributed by atoms with Crippen LogP contribution >= 0.6 is 0 Å². The van der Waals surface area contributed by atoms with Crippen LogP contribution in [0.25, 0.3) is 0 Å². The van der Waals surface area contributed by atoms with E-state index in [1.165, 1.54) is 64.1 Å². The third-order valence-corrected chi connectivity index (χ3v) is 4.13. The standard InChI is InChI=1S/C15H28O/c1-2-3-4-5-6-8-11-15(14-16)12-9-7-10-13-15/h14H,2-13H2,1H3. The molecule has 16 heavy (non-hydrogen) atoms. The number of aldehydes is 1. The zero-order valence-corrected chi connectivity index (χ0v) is 11.0. The second kappa shape index (κ2) is 7.86. The molecule has 0 bridgehead atoms. The molecule has 1 rings (SSSR count). The summed E-state index contributed by atoms with van der Waals surface area (Å²) in [6.07, 6.45) is 16.7. The van der Waals surface area contributed by atoms with Crippen LogP contribution in [0.2, 0.25) is 0 Å². The summed E-state index contributed by atoms with van der Waals surface area (Å²) >= 11 is 0. The molecule has 0 aromatic heterocycles. The van der Waals surface area contributed by atoms with Crippen molar-refractivity contribution in [2.75, 3.05) is 0 Å². The Balaban J connectivity index is 2.11. The molecule has 0 N–H and O–H groups in total. The Hall–Kier alpha value is -0.330. The lowest BCUT2D eigenvalue weighted by Gasteiger charge is -2.32. The summed E-state index contributed by atoms with van der Waals surface area (Å²) in [5, 5.41) is 0. The van der Waals surface area contributed by atoms with E-state index >= 15 is 0 Å². The predicted molar refractivity (Wildman–Crippen MR) is 69.6 cm³/mol. The van der Waals surface area contributed by atoms with Crippen molar-refractivity contribution in [1.82, 2.24) is 0 Å². The number of carbonyl (C=O) groups excluding carboxylic acids is 1. The summed E-state index contributed by atoms with van der Waals surface area (Å²) in [7, 11) is 0. The van der Waals surface area contributed by atoms with Crippen LogP contribution in [0.15, 0.2) is 0 Å². The normalized spacial score (nSPS) is 19.6. The Morgan fingerprint density at radius 2 is 1.56 bits per heavy atom. The highest BCUT2D eigenvalue weighted by Gasteiger charge is 2.30. The average molecular weight is 224 g/mol. The van der Waals surface area contributed by atoms with Crippen LogP contribution in [0.4, 0.5) is 0 Å². The highest BCUT2D eigenvalue weighted by molar-refractivity contribution is 5.59. The van der Waals surface area contributed by atoms with E-state index in [4.69, 9.17) is 0 Å². The molecule has 1 heteroatoms. The lowest BCUT2D eigenvalue weighted by atomic mass is 9.72.